The summed E-state index contributed by atoms with van der Waals surface area (Å²) in [5.74, 6) is 0.941. The SMILES string of the molecule is CO[C@@H]1C[C@H](CNC(C)c2cccc(CO)c2)N(c2ccncn2)C1. The Balaban J connectivity index is 1.65. The summed E-state index contributed by atoms with van der Waals surface area (Å²) in [6, 6.07) is 10.5. The Morgan fingerprint density at radius 1 is 1.40 bits per heavy atom. The second kappa shape index (κ2) is 8.38. The number of ether oxygens (including phenoxy) is 1. The highest BCUT2D eigenvalue weighted by molar-refractivity contribution is 5.40. The van der Waals surface area contributed by atoms with Gasteiger partial charge in [-0.05, 0) is 30.5 Å². The van der Waals surface area contributed by atoms with Gasteiger partial charge in [-0.15, -0.1) is 0 Å². The van der Waals surface area contributed by atoms with Gasteiger partial charge in [-0.1, -0.05) is 24.3 Å². The molecule has 0 saturated carbocycles. The lowest BCUT2D eigenvalue weighted by molar-refractivity contribution is 0.118. The first-order chi connectivity index (χ1) is 12.2. The van der Waals surface area contributed by atoms with Crippen LogP contribution in [0.1, 0.15) is 30.5 Å². The molecule has 0 spiro atoms. The maximum absolute atomic E-state index is 9.31. The third-order valence-corrected chi connectivity index (χ3v) is 4.86. The molecule has 1 aliphatic rings. The molecule has 1 aliphatic heterocycles. The van der Waals surface area contributed by atoms with E-state index in [-0.39, 0.29) is 18.8 Å². The Bertz CT molecular complexity index is 667. The van der Waals surface area contributed by atoms with E-state index < -0.39 is 0 Å². The van der Waals surface area contributed by atoms with Crippen molar-refractivity contribution in [2.75, 3.05) is 25.1 Å². The molecule has 2 N–H and O–H groups in total. The third kappa shape index (κ3) is 4.34. The van der Waals surface area contributed by atoms with Crippen LogP contribution in [-0.4, -0.2) is 47.4 Å². The van der Waals surface area contributed by atoms with Crippen LogP contribution in [0.15, 0.2) is 42.9 Å². The first kappa shape index (κ1) is 17.8. The van der Waals surface area contributed by atoms with Crippen molar-refractivity contribution in [3.05, 3.63) is 54.0 Å². The molecular weight excluding hydrogens is 316 g/mol. The second-order valence-electron chi connectivity index (χ2n) is 6.50. The Hall–Kier alpha value is -2.02. The number of rotatable bonds is 7. The molecule has 25 heavy (non-hydrogen) atoms. The molecule has 1 unspecified atom stereocenters. The standard InChI is InChI=1S/C19H26N4O2/c1-14(16-5-3-4-15(8-16)12-24)21-10-17-9-18(25-2)11-23(17)19-6-7-20-13-22-19/h3-8,13-14,17-18,21,24H,9-12H2,1-2H3/t14?,17-,18-/m1/s1. The van der Waals surface area contributed by atoms with Crippen LogP contribution in [0.4, 0.5) is 5.82 Å². The third-order valence-electron chi connectivity index (χ3n) is 4.86. The number of nitrogens with one attached hydrogen (secondary N) is 1. The van der Waals surface area contributed by atoms with Gasteiger partial charge in [-0.2, -0.15) is 0 Å². The Labute approximate surface area is 148 Å². The number of aliphatic hydroxyl groups excluding tert-OH is 1. The number of hydrogen-bond acceptors (Lipinski definition) is 6. The van der Waals surface area contributed by atoms with Gasteiger partial charge in [-0.3, -0.25) is 0 Å². The summed E-state index contributed by atoms with van der Waals surface area (Å²) in [4.78, 5) is 10.7. The molecule has 134 valence electrons. The first-order valence-corrected chi connectivity index (χ1v) is 8.69. The number of anilines is 1. The van der Waals surface area contributed by atoms with Gasteiger partial charge < -0.3 is 20.1 Å². The van der Waals surface area contributed by atoms with Gasteiger partial charge in [0.05, 0.1) is 12.7 Å². The highest BCUT2D eigenvalue weighted by Gasteiger charge is 2.33. The van der Waals surface area contributed by atoms with Gasteiger partial charge in [-0.25, -0.2) is 9.97 Å². The normalized spacial score (nSPS) is 21.5. The topological polar surface area (TPSA) is 70.5 Å². The predicted molar refractivity (Wildman–Crippen MR) is 97.4 cm³/mol. The summed E-state index contributed by atoms with van der Waals surface area (Å²) in [5, 5.41) is 12.9. The Morgan fingerprint density at radius 3 is 3.00 bits per heavy atom. The zero-order valence-electron chi connectivity index (χ0n) is 14.8. The van der Waals surface area contributed by atoms with Gasteiger partial charge in [0.25, 0.3) is 0 Å². The van der Waals surface area contributed by atoms with E-state index in [0.29, 0.717) is 6.04 Å². The van der Waals surface area contributed by atoms with E-state index in [2.05, 4.69) is 33.2 Å². The number of aliphatic hydroxyl groups is 1. The number of methoxy groups -OCH3 is 1. The van der Waals surface area contributed by atoms with Gasteiger partial charge in [0.2, 0.25) is 0 Å². The lowest BCUT2D eigenvalue weighted by atomic mass is 10.0. The molecule has 0 bridgehead atoms. The van der Waals surface area contributed by atoms with Crippen molar-refractivity contribution < 1.29 is 9.84 Å². The molecule has 6 nitrogen and oxygen atoms in total. The summed E-state index contributed by atoms with van der Waals surface area (Å²) < 4.78 is 5.57. The molecule has 0 radical (unpaired) electrons. The van der Waals surface area contributed by atoms with Crippen LogP contribution in [-0.2, 0) is 11.3 Å². The lowest BCUT2D eigenvalue weighted by Crippen LogP contribution is -2.39. The second-order valence-corrected chi connectivity index (χ2v) is 6.50. The van der Waals surface area contributed by atoms with Crippen LogP contribution in [0.2, 0.25) is 0 Å². The van der Waals surface area contributed by atoms with Crippen molar-refractivity contribution in [1.29, 1.82) is 0 Å². The fraction of sp³-hybridized carbons (Fsp3) is 0.474. The summed E-state index contributed by atoms with van der Waals surface area (Å²) in [5.41, 5.74) is 2.12. The number of aromatic nitrogens is 2. The minimum Gasteiger partial charge on any atom is -0.392 e. The molecule has 2 aromatic rings. The summed E-state index contributed by atoms with van der Waals surface area (Å²) >= 11 is 0. The highest BCUT2D eigenvalue weighted by atomic mass is 16.5. The molecule has 0 aliphatic carbocycles. The molecule has 3 atom stereocenters. The van der Waals surface area contributed by atoms with Crippen LogP contribution >= 0.6 is 0 Å². The maximum atomic E-state index is 9.31. The molecule has 1 aromatic heterocycles. The van der Waals surface area contributed by atoms with E-state index in [1.165, 1.54) is 5.56 Å². The van der Waals surface area contributed by atoms with E-state index in [4.69, 9.17) is 4.74 Å². The van der Waals surface area contributed by atoms with Crippen LogP contribution in [0.3, 0.4) is 0 Å². The summed E-state index contributed by atoms with van der Waals surface area (Å²) in [6.45, 7) is 3.90. The van der Waals surface area contributed by atoms with Gasteiger partial charge >= 0.3 is 0 Å². The molecule has 3 rings (SSSR count). The van der Waals surface area contributed by atoms with E-state index in [0.717, 1.165) is 30.9 Å². The average Bonchev–Trinajstić information content (AvgIpc) is 3.10. The fourth-order valence-corrected chi connectivity index (χ4v) is 3.36. The summed E-state index contributed by atoms with van der Waals surface area (Å²) in [7, 11) is 1.77. The van der Waals surface area contributed by atoms with Crippen molar-refractivity contribution in [2.45, 2.75) is 38.1 Å². The molecule has 0 amide bonds. The fourth-order valence-electron chi connectivity index (χ4n) is 3.36. The number of hydrogen-bond donors (Lipinski definition) is 2. The lowest BCUT2D eigenvalue weighted by Gasteiger charge is -2.27. The first-order valence-electron chi connectivity index (χ1n) is 8.69. The van der Waals surface area contributed by atoms with Gasteiger partial charge in [0, 0.05) is 38.5 Å². The van der Waals surface area contributed by atoms with E-state index in [1.807, 2.05) is 24.3 Å². The van der Waals surface area contributed by atoms with Crippen molar-refractivity contribution in [2.24, 2.45) is 0 Å². The number of nitrogens with zero attached hydrogens (tertiary/aromatic N) is 3. The van der Waals surface area contributed by atoms with Crippen molar-refractivity contribution in [3.8, 4) is 0 Å². The van der Waals surface area contributed by atoms with E-state index >= 15 is 0 Å². The molecule has 6 heteroatoms. The van der Waals surface area contributed by atoms with E-state index in [9.17, 15) is 5.11 Å². The van der Waals surface area contributed by atoms with Crippen LogP contribution in [0, 0.1) is 0 Å². The summed E-state index contributed by atoms with van der Waals surface area (Å²) in [6.07, 6.45) is 4.55. The quantitative estimate of drug-likeness (QED) is 0.801. The van der Waals surface area contributed by atoms with Gasteiger partial charge in [0.15, 0.2) is 0 Å². The van der Waals surface area contributed by atoms with Crippen molar-refractivity contribution in [3.63, 3.8) is 0 Å². The van der Waals surface area contributed by atoms with Gasteiger partial charge in [0.1, 0.15) is 12.1 Å². The molecule has 1 saturated heterocycles. The molecule has 1 fully saturated rings. The van der Waals surface area contributed by atoms with Crippen molar-refractivity contribution in [1.82, 2.24) is 15.3 Å². The zero-order valence-corrected chi connectivity index (χ0v) is 14.8. The van der Waals surface area contributed by atoms with Crippen LogP contribution < -0.4 is 10.2 Å². The predicted octanol–water partition coefficient (Wildman–Crippen LogP) is 1.91. The number of benzene rings is 1. The van der Waals surface area contributed by atoms with Crippen LogP contribution in [0.5, 0.6) is 0 Å². The maximum Gasteiger partial charge on any atom is 0.132 e. The molecule has 2 heterocycles. The molecule has 1 aromatic carbocycles. The van der Waals surface area contributed by atoms with E-state index in [1.54, 1.807) is 19.6 Å². The average molecular weight is 342 g/mol. The largest absolute Gasteiger partial charge is 0.392 e. The van der Waals surface area contributed by atoms with Crippen LogP contribution in [0.25, 0.3) is 0 Å². The molecular formula is C19H26N4O2. The monoisotopic (exact) mass is 342 g/mol. The van der Waals surface area contributed by atoms with Crippen molar-refractivity contribution >= 4 is 5.82 Å². The Morgan fingerprint density at radius 2 is 2.28 bits per heavy atom. The zero-order chi connectivity index (χ0) is 17.6. The minimum atomic E-state index is 0.0696. The smallest absolute Gasteiger partial charge is 0.132 e. The Kier molecular flexibility index (Phi) is 5.96. The highest BCUT2D eigenvalue weighted by Crippen LogP contribution is 2.25. The minimum absolute atomic E-state index is 0.0696.